The molecule has 0 aliphatic carbocycles. The molecular weight excluding hydrogens is 276 g/mol. The van der Waals surface area contributed by atoms with Crippen LogP contribution in [0.1, 0.15) is 35.3 Å². The second-order valence-electron chi connectivity index (χ2n) is 5.18. The highest BCUT2D eigenvalue weighted by Crippen LogP contribution is 2.20. The fourth-order valence-corrected chi connectivity index (χ4v) is 2.23. The third-order valence-electron chi connectivity index (χ3n) is 3.46. The van der Waals surface area contributed by atoms with Gasteiger partial charge in [0.1, 0.15) is 0 Å². The van der Waals surface area contributed by atoms with Crippen LogP contribution in [0.25, 0.3) is 0 Å². The molecule has 0 atom stereocenters. The Kier molecular flexibility index (Phi) is 4.94. The standard InChI is InChI=1S/C18H20N2O2/c1-4-14-7-5-6-8-16(14)20-18(22)15-10-9-12(2)17(11-15)19-13(3)21/h5-11H,4H2,1-3H3,(H,19,21)(H,20,22). The average molecular weight is 296 g/mol. The first-order chi connectivity index (χ1) is 10.5. The molecular formula is C18H20N2O2. The molecule has 0 unspecified atom stereocenters. The third kappa shape index (κ3) is 3.73. The molecule has 22 heavy (non-hydrogen) atoms. The van der Waals surface area contributed by atoms with Crippen LogP contribution < -0.4 is 10.6 Å². The Morgan fingerprint density at radius 2 is 1.73 bits per heavy atom. The van der Waals surface area contributed by atoms with Crippen molar-refractivity contribution in [2.75, 3.05) is 10.6 Å². The zero-order valence-electron chi connectivity index (χ0n) is 13.1. The first-order valence-corrected chi connectivity index (χ1v) is 7.28. The van der Waals surface area contributed by atoms with Gasteiger partial charge in [0.15, 0.2) is 0 Å². The van der Waals surface area contributed by atoms with Crippen molar-refractivity contribution in [2.24, 2.45) is 0 Å². The summed E-state index contributed by atoms with van der Waals surface area (Å²) in [4.78, 5) is 23.6. The van der Waals surface area contributed by atoms with E-state index in [2.05, 4.69) is 10.6 Å². The van der Waals surface area contributed by atoms with Crippen LogP contribution in [0.5, 0.6) is 0 Å². The molecule has 2 aromatic carbocycles. The number of carbonyl (C=O) groups excluding carboxylic acids is 2. The highest BCUT2D eigenvalue weighted by molar-refractivity contribution is 6.05. The summed E-state index contributed by atoms with van der Waals surface area (Å²) in [5.74, 6) is -0.343. The number of rotatable bonds is 4. The van der Waals surface area contributed by atoms with Crippen molar-refractivity contribution in [2.45, 2.75) is 27.2 Å². The van der Waals surface area contributed by atoms with E-state index in [9.17, 15) is 9.59 Å². The molecule has 0 bridgehead atoms. The fourth-order valence-electron chi connectivity index (χ4n) is 2.23. The van der Waals surface area contributed by atoms with Crippen molar-refractivity contribution in [1.29, 1.82) is 0 Å². The molecule has 4 nitrogen and oxygen atoms in total. The normalized spacial score (nSPS) is 10.1. The monoisotopic (exact) mass is 296 g/mol. The Hall–Kier alpha value is -2.62. The zero-order valence-corrected chi connectivity index (χ0v) is 13.1. The van der Waals surface area contributed by atoms with Gasteiger partial charge in [0.25, 0.3) is 5.91 Å². The van der Waals surface area contributed by atoms with Crippen molar-refractivity contribution >= 4 is 23.2 Å². The third-order valence-corrected chi connectivity index (χ3v) is 3.46. The van der Waals surface area contributed by atoms with Crippen LogP contribution >= 0.6 is 0 Å². The van der Waals surface area contributed by atoms with E-state index in [4.69, 9.17) is 0 Å². The minimum atomic E-state index is -0.187. The number of para-hydroxylation sites is 1. The topological polar surface area (TPSA) is 58.2 Å². The molecule has 2 aromatic rings. The van der Waals surface area contributed by atoms with E-state index in [1.165, 1.54) is 6.92 Å². The molecule has 0 radical (unpaired) electrons. The predicted molar refractivity (Wildman–Crippen MR) is 89.3 cm³/mol. The van der Waals surface area contributed by atoms with E-state index in [1.54, 1.807) is 12.1 Å². The Morgan fingerprint density at radius 1 is 1.00 bits per heavy atom. The lowest BCUT2D eigenvalue weighted by Gasteiger charge is -2.12. The number of carbonyl (C=O) groups is 2. The molecule has 0 aliphatic rings. The molecule has 0 saturated carbocycles. The fraction of sp³-hybridized carbons (Fsp3) is 0.222. The van der Waals surface area contributed by atoms with Gasteiger partial charge in [-0.05, 0) is 42.7 Å². The minimum absolute atomic E-state index is 0.156. The van der Waals surface area contributed by atoms with Crippen LogP contribution in [0.4, 0.5) is 11.4 Å². The van der Waals surface area contributed by atoms with Gasteiger partial charge in [-0.2, -0.15) is 0 Å². The Labute approximate surface area is 130 Å². The van der Waals surface area contributed by atoms with Gasteiger partial charge in [-0.1, -0.05) is 31.2 Å². The van der Waals surface area contributed by atoms with Crippen LogP contribution in [-0.4, -0.2) is 11.8 Å². The summed E-state index contributed by atoms with van der Waals surface area (Å²) in [6, 6.07) is 13.0. The Bertz CT molecular complexity index is 708. The summed E-state index contributed by atoms with van der Waals surface area (Å²) < 4.78 is 0. The Balaban J connectivity index is 2.24. The number of hydrogen-bond acceptors (Lipinski definition) is 2. The molecule has 114 valence electrons. The molecule has 0 saturated heterocycles. The van der Waals surface area contributed by atoms with E-state index in [-0.39, 0.29) is 11.8 Å². The van der Waals surface area contributed by atoms with E-state index < -0.39 is 0 Å². The molecule has 0 spiro atoms. The van der Waals surface area contributed by atoms with Gasteiger partial charge < -0.3 is 10.6 Å². The quantitative estimate of drug-likeness (QED) is 0.902. The van der Waals surface area contributed by atoms with Crippen molar-refractivity contribution < 1.29 is 9.59 Å². The van der Waals surface area contributed by atoms with E-state index in [0.717, 1.165) is 23.2 Å². The summed E-state index contributed by atoms with van der Waals surface area (Å²) in [6.45, 7) is 5.38. The molecule has 0 heterocycles. The molecule has 0 aromatic heterocycles. The number of anilines is 2. The summed E-state index contributed by atoms with van der Waals surface area (Å²) >= 11 is 0. The molecule has 2 rings (SSSR count). The van der Waals surface area contributed by atoms with Crippen LogP contribution in [0.15, 0.2) is 42.5 Å². The minimum Gasteiger partial charge on any atom is -0.326 e. The van der Waals surface area contributed by atoms with Crippen LogP contribution in [0, 0.1) is 6.92 Å². The second kappa shape index (κ2) is 6.89. The van der Waals surface area contributed by atoms with Gasteiger partial charge in [0.2, 0.25) is 5.91 Å². The maximum Gasteiger partial charge on any atom is 0.255 e. The maximum atomic E-state index is 12.4. The van der Waals surface area contributed by atoms with Crippen LogP contribution in [0.3, 0.4) is 0 Å². The average Bonchev–Trinajstić information content (AvgIpc) is 2.49. The first kappa shape index (κ1) is 15.8. The predicted octanol–water partition coefficient (Wildman–Crippen LogP) is 3.77. The van der Waals surface area contributed by atoms with Gasteiger partial charge in [-0.15, -0.1) is 0 Å². The molecule has 2 amide bonds. The van der Waals surface area contributed by atoms with Gasteiger partial charge in [0.05, 0.1) is 0 Å². The summed E-state index contributed by atoms with van der Waals surface area (Å²) in [5.41, 5.74) is 3.99. The lowest BCUT2D eigenvalue weighted by molar-refractivity contribution is -0.114. The van der Waals surface area contributed by atoms with Gasteiger partial charge in [-0.25, -0.2) is 0 Å². The lowest BCUT2D eigenvalue weighted by atomic mass is 10.1. The smallest absolute Gasteiger partial charge is 0.255 e. The number of benzene rings is 2. The van der Waals surface area contributed by atoms with Crippen molar-refractivity contribution in [3.63, 3.8) is 0 Å². The van der Waals surface area contributed by atoms with Gasteiger partial charge in [0, 0.05) is 23.9 Å². The van der Waals surface area contributed by atoms with Crippen molar-refractivity contribution in [3.8, 4) is 0 Å². The molecule has 0 aliphatic heterocycles. The number of amides is 2. The number of aryl methyl sites for hydroxylation is 2. The van der Waals surface area contributed by atoms with Crippen LogP contribution in [0.2, 0.25) is 0 Å². The van der Waals surface area contributed by atoms with E-state index in [0.29, 0.717) is 11.3 Å². The molecule has 4 heteroatoms. The number of nitrogens with one attached hydrogen (secondary N) is 2. The highest BCUT2D eigenvalue weighted by Gasteiger charge is 2.10. The molecule has 2 N–H and O–H groups in total. The summed E-state index contributed by atoms with van der Waals surface area (Å²) in [7, 11) is 0. The van der Waals surface area contributed by atoms with E-state index >= 15 is 0 Å². The highest BCUT2D eigenvalue weighted by atomic mass is 16.2. The summed E-state index contributed by atoms with van der Waals surface area (Å²) in [5, 5.41) is 5.66. The van der Waals surface area contributed by atoms with Gasteiger partial charge >= 0.3 is 0 Å². The largest absolute Gasteiger partial charge is 0.326 e. The summed E-state index contributed by atoms with van der Waals surface area (Å²) in [6.07, 6.45) is 0.849. The van der Waals surface area contributed by atoms with Crippen molar-refractivity contribution in [3.05, 3.63) is 59.2 Å². The molecule has 0 fully saturated rings. The first-order valence-electron chi connectivity index (χ1n) is 7.28. The van der Waals surface area contributed by atoms with E-state index in [1.807, 2.05) is 44.2 Å². The second-order valence-corrected chi connectivity index (χ2v) is 5.18. The number of hydrogen-bond donors (Lipinski definition) is 2. The van der Waals surface area contributed by atoms with Gasteiger partial charge in [-0.3, -0.25) is 9.59 Å². The Morgan fingerprint density at radius 3 is 2.41 bits per heavy atom. The SMILES string of the molecule is CCc1ccccc1NC(=O)c1ccc(C)c(NC(C)=O)c1. The lowest BCUT2D eigenvalue weighted by Crippen LogP contribution is -2.14. The van der Waals surface area contributed by atoms with Crippen LogP contribution in [-0.2, 0) is 11.2 Å². The van der Waals surface area contributed by atoms with Crippen molar-refractivity contribution in [1.82, 2.24) is 0 Å². The zero-order chi connectivity index (χ0) is 16.1. The maximum absolute atomic E-state index is 12.4.